The van der Waals surface area contributed by atoms with E-state index in [9.17, 15) is 18.0 Å². The summed E-state index contributed by atoms with van der Waals surface area (Å²) in [5.74, 6) is -0.482. The topological polar surface area (TPSA) is 67.8 Å². The van der Waals surface area contributed by atoms with Crippen LogP contribution in [0.25, 0.3) is 0 Å². The minimum absolute atomic E-state index is 0.101. The van der Waals surface area contributed by atoms with E-state index in [0.29, 0.717) is 5.69 Å². The van der Waals surface area contributed by atoms with E-state index in [4.69, 9.17) is 0 Å². The lowest BCUT2D eigenvalue weighted by atomic mass is 10.4. The molecule has 0 saturated heterocycles. The van der Waals surface area contributed by atoms with Crippen molar-refractivity contribution in [3.8, 4) is 0 Å². The normalized spacial score (nSPS) is 11.2. The maximum atomic E-state index is 12.5. The van der Waals surface area contributed by atoms with Crippen molar-refractivity contribution in [3.63, 3.8) is 0 Å². The summed E-state index contributed by atoms with van der Waals surface area (Å²) >= 11 is 0.823. The Bertz CT molecular complexity index is 621. The zero-order valence-electron chi connectivity index (χ0n) is 10.5. The van der Waals surface area contributed by atoms with E-state index in [1.165, 1.54) is 6.20 Å². The summed E-state index contributed by atoms with van der Waals surface area (Å²) in [5.41, 5.74) is -0.527. The van der Waals surface area contributed by atoms with Crippen LogP contribution in [-0.2, 0) is 11.0 Å². The van der Waals surface area contributed by atoms with Crippen LogP contribution in [0.2, 0.25) is 0 Å². The van der Waals surface area contributed by atoms with Gasteiger partial charge in [0.05, 0.1) is 17.6 Å². The van der Waals surface area contributed by atoms with Gasteiger partial charge in [-0.05, 0) is 18.2 Å². The van der Waals surface area contributed by atoms with Crippen LogP contribution in [-0.4, -0.2) is 26.6 Å². The van der Waals surface area contributed by atoms with E-state index >= 15 is 0 Å². The van der Waals surface area contributed by atoms with Crippen LogP contribution in [0.1, 0.15) is 5.69 Å². The molecule has 0 saturated carbocycles. The summed E-state index contributed by atoms with van der Waals surface area (Å²) in [4.78, 5) is 22.5. The van der Waals surface area contributed by atoms with Crippen LogP contribution in [0.5, 0.6) is 0 Å². The maximum absolute atomic E-state index is 12.5. The molecule has 0 aliphatic rings. The Labute approximate surface area is 122 Å². The number of alkyl halides is 3. The predicted octanol–water partition coefficient (Wildman–Crippen LogP) is 2.62. The molecule has 2 aromatic heterocycles. The molecule has 110 valence electrons. The molecular formula is C12H9F3N4OS. The largest absolute Gasteiger partial charge is 0.433 e. The molecule has 0 aliphatic carbocycles. The van der Waals surface area contributed by atoms with Gasteiger partial charge < -0.3 is 5.32 Å². The van der Waals surface area contributed by atoms with Crippen LogP contribution in [0.15, 0.2) is 41.9 Å². The number of anilines is 1. The number of aromatic nitrogens is 3. The van der Waals surface area contributed by atoms with E-state index < -0.39 is 11.9 Å². The average Bonchev–Trinajstić information content (AvgIpc) is 2.46. The Morgan fingerprint density at radius 1 is 1.29 bits per heavy atom. The monoisotopic (exact) mass is 314 g/mol. The highest BCUT2D eigenvalue weighted by atomic mass is 32.2. The molecule has 0 radical (unpaired) electrons. The van der Waals surface area contributed by atoms with Gasteiger partial charge in [0.15, 0.2) is 5.16 Å². The smallest absolute Gasteiger partial charge is 0.324 e. The number of hydrogen-bond acceptors (Lipinski definition) is 5. The van der Waals surface area contributed by atoms with E-state index in [1.807, 2.05) is 0 Å². The van der Waals surface area contributed by atoms with Crippen molar-refractivity contribution in [2.75, 3.05) is 11.1 Å². The Balaban J connectivity index is 1.92. The van der Waals surface area contributed by atoms with Crippen molar-refractivity contribution >= 4 is 23.4 Å². The number of pyridine rings is 1. The number of amides is 1. The number of halogens is 3. The summed E-state index contributed by atoms with van der Waals surface area (Å²) in [6, 6.07) is 4.08. The van der Waals surface area contributed by atoms with Crippen molar-refractivity contribution in [2.24, 2.45) is 0 Å². The highest BCUT2D eigenvalue weighted by Crippen LogP contribution is 2.28. The number of carbonyl (C=O) groups is 1. The first-order chi connectivity index (χ1) is 9.95. The number of nitrogens with one attached hydrogen (secondary N) is 1. The summed E-state index contributed by atoms with van der Waals surface area (Å²) in [6.07, 6.45) is -0.502. The summed E-state index contributed by atoms with van der Waals surface area (Å²) in [7, 11) is 0. The van der Waals surface area contributed by atoms with Crippen LogP contribution in [0, 0.1) is 0 Å². The third-order valence-corrected chi connectivity index (χ3v) is 3.06. The molecule has 1 amide bonds. The number of hydrogen-bond donors (Lipinski definition) is 1. The molecule has 2 aromatic rings. The quantitative estimate of drug-likeness (QED) is 0.694. The SMILES string of the molecule is O=C(CSc1nccc(C(F)(F)F)n1)Nc1cccnc1. The molecule has 5 nitrogen and oxygen atoms in total. The van der Waals surface area contributed by atoms with Gasteiger partial charge in [-0.2, -0.15) is 13.2 Å². The van der Waals surface area contributed by atoms with Crippen molar-refractivity contribution in [2.45, 2.75) is 11.3 Å². The molecule has 0 atom stereocenters. The lowest BCUT2D eigenvalue weighted by Crippen LogP contribution is -2.15. The molecule has 0 bridgehead atoms. The highest BCUT2D eigenvalue weighted by Gasteiger charge is 2.32. The molecule has 0 aliphatic heterocycles. The van der Waals surface area contributed by atoms with Gasteiger partial charge in [0, 0.05) is 12.4 Å². The second kappa shape index (κ2) is 6.53. The first-order valence-electron chi connectivity index (χ1n) is 5.68. The van der Waals surface area contributed by atoms with E-state index in [1.54, 1.807) is 18.3 Å². The van der Waals surface area contributed by atoms with E-state index in [0.717, 1.165) is 24.0 Å². The van der Waals surface area contributed by atoms with Gasteiger partial charge >= 0.3 is 6.18 Å². The molecule has 1 N–H and O–H groups in total. The van der Waals surface area contributed by atoms with Gasteiger partial charge in [0.2, 0.25) is 5.91 Å². The zero-order chi connectivity index (χ0) is 15.3. The molecule has 21 heavy (non-hydrogen) atoms. The predicted molar refractivity (Wildman–Crippen MR) is 70.6 cm³/mol. The van der Waals surface area contributed by atoms with E-state index in [2.05, 4.69) is 20.3 Å². The molecule has 0 unspecified atom stereocenters. The zero-order valence-corrected chi connectivity index (χ0v) is 11.3. The number of rotatable bonds is 4. The number of carbonyl (C=O) groups excluding carboxylic acids is 1. The first-order valence-corrected chi connectivity index (χ1v) is 6.66. The standard InChI is InChI=1S/C12H9F3N4OS/c13-12(14,15)9-3-5-17-11(19-9)21-7-10(20)18-8-2-1-4-16-6-8/h1-6H,7H2,(H,18,20). The minimum Gasteiger partial charge on any atom is -0.324 e. The molecule has 2 rings (SSSR count). The minimum atomic E-state index is -4.53. The molecule has 0 aromatic carbocycles. The van der Waals surface area contributed by atoms with Crippen molar-refractivity contribution in [1.82, 2.24) is 15.0 Å². The lowest BCUT2D eigenvalue weighted by Gasteiger charge is -2.07. The fraction of sp³-hybridized carbons (Fsp3) is 0.167. The highest BCUT2D eigenvalue weighted by molar-refractivity contribution is 7.99. The third kappa shape index (κ3) is 4.71. The van der Waals surface area contributed by atoms with E-state index in [-0.39, 0.29) is 16.8 Å². The third-order valence-electron chi connectivity index (χ3n) is 2.20. The second-order valence-electron chi connectivity index (χ2n) is 3.80. The molecular weight excluding hydrogens is 305 g/mol. The van der Waals surface area contributed by atoms with Gasteiger partial charge in [0.25, 0.3) is 0 Å². The Morgan fingerprint density at radius 3 is 2.76 bits per heavy atom. The van der Waals surface area contributed by atoms with Crippen molar-refractivity contribution in [3.05, 3.63) is 42.5 Å². The van der Waals surface area contributed by atoms with Gasteiger partial charge in [-0.15, -0.1) is 0 Å². The maximum Gasteiger partial charge on any atom is 0.433 e. The van der Waals surface area contributed by atoms with Gasteiger partial charge in [-0.1, -0.05) is 11.8 Å². The average molecular weight is 314 g/mol. The number of thioether (sulfide) groups is 1. The molecule has 0 spiro atoms. The molecule has 0 fully saturated rings. The number of nitrogens with zero attached hydrogens (tertiary/aromatic N) is 3. The molecule has 2 heterocycles. The Kier molecular flexibility index (Phi) is 4.73. The van der Waals surface area contributed by atoms with Crippen molar-refractivity contribution in [1.29, 1.82) is 0 Å². The van der Waals surface area contributed by atoms with Crippen LogP contribution in [0.4, 0.5) is 18.9 Å². The van der Waals surface area contributed by atoms with Gasteiger partial charge in [-0.3, -0.25) is 9.78 Å². The summed E-state index contributed by atoms with van der Waals surface area (Å²) < 4.78 is 37.4. The molecule has 9 heteroatoms. The lowest BCUT2D eigenvalue weighted by molar-refractivity contribution is -0.141. The van der Waals surface area contributed by atoms with Crippen molar-refractivity contribution < 1.29 is 18.0 Å². The first kappa shape index (κ1) is 15.2. The summed E-state index contributed by atoms with van der Waals surface area (Å²) in [5, 5.41) is 2.45. The fourth-order valence-electron chi connectivity index (χ4n) is 1.33. The van der Waals surface area contributed by atoms with Gasteiger partial charge in [-0.25, -0.2) is 9.97 Å². The fourth-order valence-corrected chi connectivity index (χ4v) is 1.96. The Morgan fingerprint density at radius 2 is 2.10 bits per heavy atom. The van der Waals surface area contributed by atoms with Crippen LogP contribution < -0.4 is 5.32 Å². The summed E-state index contributed by atoms with van der Waals surface area (Å²) in [6.45, 7) is 0. The van der Waals surface area contributed by atoms with Gasteiger partial charge in [0.1, 0.15) is 5.69 Å². The Hall–Kier alpha value is -2.16. The van der Waals surface area contributed by atoms with Crippen LogP contribution in [0.3, 0.4) is 0 Å². The van der Waals surface area contributed by atoms with Crippen LogP contribution >= 0.6 is 11.8 Å². The second-order valence-corrected chi connectivity index (χ2v) is 4.74.